The van der Waals surface area contributed by atoms with Crippen LogP contribution in [0.15, 0.2) is 24.5 Å². The van der Waals surface area contributed by atoms with Gasteiger partial charge in [-0.1, -0.05) is 23.2 Å². The lowest BCUT2D eigenvalue weighted by Crippen LogP contribution is -2.14. The summed E-state index contributed by atoms with van der Waals surface area (Å²) < 4.78 is 0. The Hall–Kier alpha value is -1.72. The maximum Gasteiger partial charge on any atom is 0.258 e. The Kier molecular flexibility index (Phi) is 3.74. The Labute approximate surface area is 113 Å². The van der Waals surface area contributed by atoms with Gasteiger partial charge < -0.3 is 5.32 Å². The quantitative estimate of drug-likeness (QED) is 0.920. The molecular weight excluding hydrogens is 275 g/mol. The molecule has 18 heavy (non-hydrogen) atoms. The second-order valence-corrected chi connectivity index (χ2v) is 4.26. The van der Waals surface area contributed by atoms with E-state index >= 15 is 0 Å². The molecular formula is C11H8Cl2N4O. The molecule has 0 spiro atoms. The van der Waals surface area contributed by atoms with E-state index in [2.05, 4.69) is 20.5 Å². The zero-order valence-electron chi connectivity index (χ0n) is 9.32. The van der Waals surface area contributed by atoms with Crippen LogP contribution >= 0.6 is 23.2 Å². The zero-order valence-corrected chi connectivity index (χ0v) is 10.8. The lowest BCUT2D eigenvalue weighted by molar-refractivity contribution is 0.102. The Balaban J connectivity index is 2.28. The predicted octanol–water partition coefficient (Wildman–Crippen LogP) is 2.74. The van der Waals surface area contributed by atoms with Gasteiger partial charge in [-0.2, -0.15) is 0 Å². The smallest absolute Gasteiger partial charge is 0.258 e. The molecule has 92 valence electrons. The Morgan fingerprint density at radius 2 is 2.11 bits per heavy atom. The van der Waals surface area contributed by atoms with Crippen molar-refractivity contribution in [3.8, 4) is 0 Å². The molecule has 5 nitrogen and oxygen atoms in total. The molecule has 2 aromatic rings. The summed E-state index contributed by atoms with van der Waals surface area (Å²) in [6, 6.07) is 3.06. The topological polar surface area (TPSA) is 67.8 Å². The molecule has 0 aliphatic carbocycles. The maximum atomic E-state index is 12.0. The van der Waals surface area contributed by atoms with Crippen LogP contribution in [0.5, 0.6) is 0 Å². The van der Waals surface area contributed by atoms with E-state index in [9.17, 15) is 4.79 Å². The van der Waals surface area contributed by atoms with Crippen LogP contribution in [0.4, 0.5) is 5.69 Å². The number of rotatable bonds is 2. The van der Waals surface area contributed by atoms with Gasteiger partial charge in [-0.15, -0.1) is 10.2 Å². The van der Waals surface area contributed by atoms with Crippen LogP contribution in [0.3, 0.4) is 0 Å². The summed E-state index contributed by atoms with van der Waals surface area (Å²) in [6.07, 6.45) is 3.23. The van der Waals surface area contributed by atoms with E-state index in [1.807, 2.05) is 6.92 Å². The predicted molar refractivity (Wildman–Crippen MR) is 69.0 cm³/mol. The number of nitrogens with one attached hydrogen (secondary N) is 1. The molecule has 0 fully saturated rings. The van der Waals surface area contributed by atoms with E-state index in [1.54, 1.807) is 18.5 Å². The van der Waals surface area contributed by atoms with Crippen molar-refractivity contribution in [3.05, 3.63) is 46.0 Å². The molecule has 2 heterocycles. The van der Waals surface area contributed by atoms with E-state index in [0.717, 1.165) is 5.56 Å². The molecule has 0 radical (unpaired) electrons. The summed E-state index contributed by atoms with van der Waals surface area (Å²) >= 11 is 11.5. The Morgan fingerprint density at radius 1 is 1.33 bits per heavy atom. The molecule has 0 bridgehead atoms. The van der Waals surface area contributed by atoms with Crippen molar-refractivity contribution in [1.82, 2.24) is 15.2 Å². The number of carbonyl (C=O) groups is 1. The van der Waals surface area contributed by atoms with Crippen molar-refractivity contribution in [2.45, 2.75) is 6.92 Å². The molecule has 2 rings (SSSR count). The normalized spacial score (nSPS) is 10.2. The lowest BCUT2D eigenvalue weighted by atomic mass is 10.2. The number of nitrogens with zero attached hydrogens (tertiary/aromatic N) is 3. The lowest BCUT2D eigenvalue weighted by Gasteiger charge is -2.08. The molecule has 0 aliphatic rings. The first-order valence-corrected chi connectivity index (χ1v) is 5.74. The minimum absolute atomic E-state index is 0.00334. The highest BCUT2D eigenvalue weighted by Gasteiger charge is 2.14. The van der Waals surface area contributed by atoms with Gasteiger partial charge in [0.25, 0.3) is 5.91 Å². The van der Waals surface area contributed by atoms with Crippen LogP contribution < -0.4 is 5.32 Å². The minimum atomic E-state index is -0.397. The molecule has 1 amide bonds. The average Bonchev–Trinajstić information content (AvgIpc) is 2.35. The third kappa shape index (κ3) is 2.75. The van der Waals surface area contributed by atoms with Gasteiger partial charge in [-0.05, 0) is 24.6 Å². The van der Waals surface area contributed by atoms with Gasteiger partial charge >= 0.3 is 0 Å². The van der Waals surface area contributed by atoms with Gasteiger partial charge in [0.1, 0.15) is 0 Å². The fourth-order valence-electron chi connectivity index (χ4n) is 1.32. The van der Waals surface area contributed by atoms with Crippen molar-refractivity contribution >= 4 is 34.8 Å². The summed E-state index contributed by atoms with van der Waals surface area (Å²) in [5.74, 6) is -0.397. The van der Waals surface area contributed by atoms with Crippen molar-refractivity contribution in [2.24, 2.45) is 0 Å². The second kappa shape index (κ2) is 5.29. The van der Waals surface area contributed by atoms with Crippen molar-refractivity contribution in [3.63, 3.8) is 0 Å². The summed E-state index contributed by atoms with van der Waals surface area (Å²) in [4.78, 5) is 15.9. The first kappa shape index (κ1) is 12.7. The summed E-state index contributed by atoms with van der Waals surface area (Å²) in [6.45, 7) is 1.84. The number of amides is 1. The number of pyridine rings is 1. The summed E-state index contributed by atoms with van der Waals surface area (Å²) in [5, 5.41) is 9.93. The standard InChI is InChI=1S/C11H8Cl2N4O/c1-6-5-14-3-2-8(6)15-11(18)7-4-9(12)16-17-10(7)13/h2-5H,1H3,(H,14,15,18). The molecule has 7 heteroatoms. The average molecular weight is 283 g/mol. The van der Waals surface area contributed by atoms with Gasteiger partial charge in [0.2, 0.25) is 0 Å². The number of hydrogen-bond acceptors (Lipinski definition) is 4. The van der Waals surface area contributed by atoms with E-state index in [4.69, 9.17) is 23.2 Å². The molecule has 0 aliphatic heterocycles. The van der Waals surface area contributed by atoms with Crippen LogP contribution in [0.2, 0.25) is 10.3 Å². The van der Waals surface area contributed by atoms with Crippen molar-refractivity contribution in [2.75, 3.05) is 5.32 Å². The number of aromatic nitrogens is 3. The van der Waals surface area contributed by atoms with Gasteiger partial charge in [0.15, 0.2) is 10.3 Å². The highest BCUT2D eigenvalue weighted by molar-refractivity contribution is 6.34. The fourth-order valence-corrected chi connectivity index (χ4v) is 1.64. The van der Waals surface area contributed by atoms with Gasteiger partial charge in [-0.3, -0.25) is 9.78 Å². The molecule has 0 unspecified atom stereocenters. The Morgan fingerprint density at radius 3 is 2.83 bits per heavy atom. The largest absolute Gasteiger partial charge is 0.322 e. The first-order valence-electron chi connectivity index (χ1n) is 4.98. The summed E-state index contributed by atoms with van der Waals surface area (Å²) in [7, 11) is 0. The van der Waals surface area contributed by atoms with Gasteiger partial charge in [0, 0.05) is 18.1 Å². The highest BCUT2D eigenvalue weighted by Crippen LogP contribution is 2.18. The zero-order chi connectivity index (χ0) is 13.1. The number of carbonyl (C=O) groups excluding carboxylic acids is 1. The van der Waals surface area contributed by atoms with E-state index in [0.29, 0.717) is 5.69 Å². The molecule has 2 aromatic heterocycles. The van der Waals surface area contributed by atoms with Crippen LogP contribution in [0.1, 0.15) is 15.9 Å². The number of halogens is 2. The minimum Gasteiger partial charge on any atom is -0.322 e. The third-order valence-corrected chi connectivity index (χ3v) is 2.70. The molecule has 0 aromatic carbocycles. The number of hydrogen-bond donors (Lipinski definition) is 1. The second-order valence-electron chi connectivity index (χ2n) is 3.52. The molecule has 0 atom stereocenters. The van der Waals surface area contributed by atoms with Crippen LogP contribution in [0.25, 0.3) is 0 Å². The number of aryl methyl sites for hydroxylation is 1. The maximum absolute atomic E-state index is 12.0. The van der Waals surface area contributed by atoms with E-state index in [1.165, 1.54) is 6.07 Å². The SMILES string of the molecule is Cc1cnccc1NC(=O)c1cc(Cl)nnc1Cl. The Bertz CT molecular complexity index is 603. The summed E-state index contributed by atoms with van der Waals surface area (Å²) in [5.41, 5.74) is 1.67. The highest BCUT2D eigenvalue weighted by atomic mass is 35.5. The van der Waals surface area contributed by atoms with Crippen molar-refractivity contribution < 1.29 is 4.79 Å². The van der Waals surface area contributed by atoms with E-state index < -0.39 is 5.91 Å². The van der Waals surface area contributed by atoms with Gasteiger partial charge in [0.05, 0.1) is 5.56 Å². The van der Waals surface area contributed by atoms with Crippen molar-refractivity contribution in [1.29, 1.82) is 0 Å². The third-order valence-electron chi connectivity index (χ3n) is 2.23. The van der Waals surface area contributed by atoms with E-state index in [-0.39, 0.29) is 15.9 Å². The molecule has 1 N–H and O–H groups in total. The van der Waals surface area contributed by atoms with Crippen LogP contribution in [-0.4, -0.2) is 21.1 Å². The molecule has 0 saturated carbocycles. The van der Waals surface area contributed by atoms with Crippen LogP contribution in [0, 0.1) is 6.92 Å². The first-order chi connectivity index (χ1) is 8.58. The van der Waals surface area contributed by atoms with Gasteiger partial charge in [-0.25, -0.2) is 0 Å². The fraction of sp³-hybridized carbons (Fsp3) is 0.0909. The number of anilines is 1. The molecule has 0 saturated heterocycles. The van der Waals surface area contributed by atoms with Crippen LogP contribution in [-0.2, 0) is 0 Å². The monoisotopic (exact) mass is 282 g/mol.